The van der Waals surface area contributed by atoms with Crippen molar-refractivity contribution in [3.05, 3.63) is 0 Å². The average Bonchev–Trinajstić information content (AvgIpc) is 2.45. The summed E-state index contributed by atoms with van der Waals surface area (Å²) >= 11 is 0. The third-order valence-corrected chi connectivity index (χ3v) is 7.87. The van der Waals surface area contributed by atoms with E-state index < -0.39 is 17.8 Å². The minimum atomic E-state index is -2.70. The molecular weight excluding hydrogens is 274 g/mol. The van der Waals surface area contributed by atoms with Crippen LogP contribution in [0.3, 0.4) is 0 Å². The number of hydrogen-bond acceptors (Lipinski definition) is 7. The second-order valence-corrected chi connectivity index (χ2v) is 9.28. The predicted octanol–water partition coefficient (Wildman–Crippen LogP) is 0.219. The van der Waals surface area contributed by atoms with Crippen LogP contribution in [-0.2, 0) is 26.6 Å². The maximum Gasteiger partial charge on any atom is 0.595 e. The lowest BCUT2D eigenvalue weighted by atomic mass is 10.5. The molecule has 0 atom stereocenters. The summed E-state index contributed by atoms with van der Waals surface area (Å²) in [5, 5.41) is 0. The monoisotopic (exact) mass is 299 g/mol. The molecule has 0 bridgehead atoms. The van der Waals surface area contributed by atoms with E-state index in [0.29, 0.717) is 12.6 Å². The van der Waals surface area contributed by atoms with Crippen LogP contribution in [0.15, 0.2) is 0 Å². The summed E-state index contributed by atoms with van der Waals surface area (Å²) < 4.78 is 31.7. The van der Waals surface area contributed by atoms with E-state index in [4.69, 9.17) is 26.6 Å². The average molecular weight is 299 g/mol. The molecule has 18 heavy (non-hydrogen) atoms. The van der Waals surface area contributed by atoms with E-state index in [1.807, 2.05) is 0 Å². The molecule has 0 spiro atoms. The fourth-order valence-electron chi connectivity index (χ4n) is 1.57. The standard InChI is InChI=1S/C9H25NO6Si2/c1-11-17(12-2,13-3)9-7-8-10-18(14-4,15-5)16-6/h10H,7-9H2,1-6H3. The first-order valence-electron chi connectivity index (χ1n) is 5.63. The third-order valence-electron chi connectivity index (χ3n) is 2.74. The van der Waals surface area contributed by atoms with Crippen LogP contribution < -0.4 is 4.98 Å². The van der Waals surface area contributed by atoms with Gasteiger partial charge in [-0.1, -0.05) is 0 Å². The molecule has 0 saturated carbocycles. The Labute approximate surface area is 111 Å². The Morgan fingerprint density at radius 1 is 0.722 bits per heavy atom. The van der Waals surface area contributed by atoms with Crippen molar-refractivity contribution >= 4 is 17.8 Å². The quantitative estimate of drug-likeness (QED) is 0.432. The van der Waals surface area contributed by atoms with Gasteiger partial charge in [-0.25, -0.2) is 0 Å². The first-order chi connectivity index (χ1) is 8.57. The molecule has 0 heterocycles. The van der Waals surface area contributed by atoms with E-state index in [2.05, 4.69) is 4.98 Å². The molecule has 0 aliphatic rings. The molecule has 0 aromatic heterocycles. The maximum atomic E-state index is 5.33. The molecular formula is C9H25NO6Si2. The zero-order valence-corrected chi connectivity index (χ0v) is 14.1. The van der Waals surface area contributed by atoms with Gasteiger partial charge in [0.25, 0.3) is 0 Å². The van der Waals surface area contributed by atoms with Gasteiger partial charge in [-0.05, 0) is 13.0 Å². The van der Waals surface area contributed by atoms with Crippen molar-refractivity contribution in [3.8, 4) is 0 Å². The Morgan fingerprint density at radius 2 is 1.17 bits per heavy atom. The molecule has 0 fully saturated rings. The normalized spacial score (nSPS) is 13.0. The Bertz CT molecular complexity index is 175. The van der Waals surface area contributed by atoms with Crippen molar-refractivity contribution in [3.63, 3.8) is 0 Å². The summed E-state index contributed by atoms with van der Waals surface area (Å²) in [6.07, 6.45) is 0.812. The Morgan fingerprint density at radius 3 is 1.50 bits per heavy atom. The zero-order valence-electron chi connectivity index (χ0n) is 12.1. The SMILES string of the molecule is CO[Si](CCCN[Si](OC)(OC)OC)(OC)OC. The van der Waals surface area contributed by atoms with Gasteiger partial charge >= 0.3 is 17.8 Å². The van der Waals surface area contributed by atoms with Crippen molar-refractivity contribution in [1.29, 1.82) is 0 Å². The summed E-state index contributed by atoms with van der Waals surface area (Å²) in [6.45, 7) is 0.673. The smallest absolute Gasteiger partial charge is 0.377 e. The number of hydrogen-bond donors (Lipinski definition) is 1. The van der Waals surface area contributed by atoms with E-state index in [1.165, 1.54) is 0 Å². The summed E-state index contributed by atoms with van der Waals surface area (Å²) in [6, 6.07) is 0.713. The zero-order chi connectivity index (χ0) is 14.1. The fourth-order valence-corrected chi connectivity index (χ4v) is 4.71. The van der Waals surface area contributed by atoms with Gasteiger partial charge in [0.05, 0.1) is 0 Å². The van der Waals surface area contributed by atoms with Crippen molar-refractivity contribution in [2.75, 3.05) is 49.2 Å². The van der Waals surface area contributed by atoms with Gasteiger partial charge in [-0.15, -0.1) is 0 Å². The molecule has 0 saturated heterocycles. The highest BCUT2D eigenvalue weighted by atomic mass is 28.4. The minimum Gasteiger partial charge on any atom is -0.377 e. The summed E-state index contributed by atoms with van der Waals surface area (Å²) in [4.78, 5) is 3.15. The lowest BCUT2D eigenvalue weighted by molar-refractivity contribution is 0.108. The highest BCUT2D eigenvalue weighted by Gasteiger charge is 2.40. The van der Waals surface area contributed by atoms with Gasteiger partial charge in [0.1, 0.15) is 0 Å². The van der Waals surface area contributed by atoms with Crippen LogP contribution in [0.25, 0.3) is 0 Å². The van der Waals surface area contributed by atoms with E-state index in [1.54, 1.807) is 42.7 Å². The van der Waals surface area contributed by atoms with Crippen LogP contribution in [0.4, 0.5) is 0 Å². The van der Waals surface area contributed by atoms with Gasteiger partial charge in [-0.2, -0.15) is 0 Å². The molecule has 1 N–H and O–H groups in total. The molecule has 0 rings (SSSR count). The number of rotatable bonds is 11. The molecule has 0 radical (unpaired) electrons. The minimum absolute atomic E-state index is 0.673. The molecule has 0 unspecified atom stereocenters. The van der Waals surface area contributed by atoms with Gasteiger partial charge < -0.3 is 26.6 Å². The predicted molar refractivity (Wildman–Crippen MR) is 71.0 cm³/mol. The maximum absolute atomic E-state index is 5.33. The van der Waals surface area contributed by atoms with Crippen molar-refractivity contribution < 1.29 is 26.6 Å². The fraction of sp³-hybridized carbons (Fsp3) is 1.00. The summed E-state index contributed by atoms with van der Waals surface area (Å²) in [5.41, 5.74) is 0. The lowest BCUT2D eigenvalue weighted by Gasteiger charge is -2.26. The van der Waals surface area contributed by atoms with Gasteiger partial charge in [0, 0.05) is 48.7 Å². The molecule has 110 valence electrons. The Hall–Kier alpha value is 0.154. The van der Waals surface area contributed by atoms with Crippen molar-refractivity contribution in [1.82, 2.24) is 4.98 Å². The molecule has 0 aromatic carbocycles. The second-order valence-electron chi connectivity index (χ2n) is 3.49. The molecule has 0 amide bonds. The van der Waals surface area contributed by atoms with Crippen LogP contribution in [0.5, 0.6) is 0 Å². The third kappa shape index (κ3) is 5.03. The van der Waals surface area contributed by atoms with Crippen LogP contribution in [0.2, 0.25) is 6.04 Å². The highest BCUT2D eigenvalue weighted by molar-refractivity contribution is 6.60. The Balaban J connectivity index is 4.11. The van der Waals surface area contributed by atoms with E-state index >= 15 is 0 Å². The largest absolute Gasteiger partial charge is 0.595 e. The summed E-state index contributed by atoms with van der Waals surface area (Å²) in [5.74, 6) is 0. The van der Waals surface area contributed by atoms with Crippen LogP contribution in [0.1, 0.15) is 6.42 Å². The molecule has 0 aliphatic heterocycles. The first-order valence-corrected chi connectivity index (χ1v) is 9.29. The molecule has 0 aromatic rings. The highest BCUT2D eigenvalue weighted by Crippen LogP contribution is 2.14. The van der Waals surface area contributed by atoms with E-state index in [9.17, 15) is 0 Å². The second kappa shape index (κ2) is 9.12. The van der Waals surface area contributed by atoms with Gasteiger partial charge in [0.2, 0.25) is 0 Å². The Kier molecular flexibility index (Phi) is 9.20. The first kappa shape index (κ1) is 18.2. The molecule has 7 nitrogen and oxygen atoms in total. The topological polar surface area (TPSA) is 67.4 Å². The van der Waals surface area contributed by atoms with Crippen molar-refractivity contribution in [2.24, 2.45) is 0 Å². The van der Waals surface area contributed by atoms with Crippen LogP contribution in [0, 0.1) is 0 Å². The van der Waals surface area contributed by atoms with Crippen LogP contribution >= 0.6 is 0 Å². The molecule has 9 heteroatoms. The van der Waals surface area contributed by atoms with Gasteiger partial charge in [-0.3, -0.25) is 4.98 Å². The number of nitrogens with one attached hydrogen (secondary N) is 1. The van der Waals surface area contributed by atoms with E-state index in [0.717, 1.165) is 6.42 Å². The van der Waals surface area contributed by atoms with Crippen LogP contribution in [-0.4, -0.2) is 67.0 Å². The van der Waals surface area contributed by atoms with Gasteiger partial charge in [0.15, 0.2) is 0 Å². The van der Waals surface area contributed by atoms with Crippen molar-refractivity contribution in [2.45, 2.75) is 12.5 Å². The molecule has 0 aliphatic carbocycles. The van der Waals surface area contributed by atoms with E-state index in [-0.39, 0.29) is 0 Å². The summed E-state index contributed by atoms with van der Waals surface area (Å²) in [7, 11) is 4.30. The lowest BCUT2D eigenvalue weighted by Crippen LogP contribution is -2.57.